The third-order valence-electron chi connectivity index (χ3n) is 3.29. The van der Waals surface area contributed by atoms with Crippen molar-refractivity contribution in [3.63, 3.8) is 0 Å². The Labute approximate surface area is 126 Å². The molecule has 5 heteroatoms. The molecule has 1 aliphatic rings. The second kappa shape index (κ2) is 7.31. The van der Waals surface area contributed by atoms with Crippen molar-refractivity contribution in [1.29, 1.82) is 0 Å². The van der Waals surface area contributed by atoms with Crippen molar-refractivity contribution in [3.8, 4) is 11.5 Å². The zero-order chi connectivity index (χ0) is 15.2. The van der Waals surface area contributed by atoms with E-state index >= 15 is 0 Å². The van der Waals surface area contributed by atoms with Gasteiger partial charge in [0.2, 0.25) is 0 Å². The van der Waals surface area contributed by atoms with Crippen molar-refractivity contribution in [1.82, 2.24) is 10.6 Å². The molecule has 2 rings (SSSR count). The number of hydrogen-bond donors (Lipinski definition) is 2. The summed E-state index contributed by atoms with van der Waals surface area (Å²) >= 11 is 0. The number of ether oxygens (including phenoxy) is 2. The summed E-state index contributed by atoms with van der Waals surface area (Å²) in [5.74, 6) is 1.83. The van der Waals surface area contributed by atoms with Crippen LogP contribution in [0.5, 0.6) is 11.5 Å². The number of carbonyl (C=O) groups excluding carboxylic acids is 1. The van der Waals surface area contributed by atoms with E-state index in [1.807, 2.05) is 18.2 Å². The monoisotopic (exact) mass is 292 g/mol. The van der Waals surface area contributed by atoms with Crippen LogP contribution in [-0.4, -0.2) is 32.2 Å². The Balaban J connectivity index is 1.87. The zero-order valence-electron chi connectivity index (χ0n) is 12.9. The van der Waals surface area contributed by atoms with Gasteiger partial charge < -0.3 is 20.1 Å². The van der Waals surface area contributed by atoms with Crippen LogP contribution in [0.1, 0.15) is 32.4 Å². The van der Waals surface area contributed by atoms with Gasteiger partial charge in [-0.05, 0) is 24.6 Å². The van der Waals surface area contributed by atoms with Crippen molar-refractivity contribution < 1.29 is 14.3 Å². The predicted molar refractivity (Wildman–Crippen MR) is 81.7 cm³/mol. The van der Waals surface area contributed by atoms with Crippen LogP contribution in [0.15, 0.2) is 18.2 Å². The maximum Gasteiger partial charge on any atom is 0.257 e. The minimum atomic E-state index is -0.101. The summed E-state index contributed by atoms with van der Waals surface area (Å²) in [7, 11) is 0. The molecule has 116 valence electrons. The van der Waals surface area contributed by atoms with E-state index in [9.17, 15) is 4.79 Å². The van der Waals surface area contributed by atoms with Gasteiger partial charge >= 0.3 is 0 Å². The molecule has 1 heterocycles. The average Bonchev–Trinajstić information content (AvgIpc) is 2.86. The molecule has 1 aliphatic heterocycles. The molecule has 1 amide bonds. The fourth-order valence-corrected chi connectivity index (χ4v) is 2.21. The minimum Gasteiger partial charge on any atom is -0.491 e. The Kier molecular flexibility index (Phi) is 5.44. The maximum absolute atomic E-state index is 11.6. The smallest absolute Gasteiger partial charge is 0.257 e. The number of amides is 1. The largest absolute Gasteiger partial charge is 0.491 e. The van der Waals surface area contributed by atoms with E-state index in [4.69, 9.17) is 9.47 Å². The summed E-state index contributed by atoms with van der Waals surface area (Å²) < 4.78 is 11.2. The highest BCUT2D eigenvalue weighted by Gasteiger charge is 2.23. The molecule has 0 saturated carbocycles. The van der Waals surface area contributed by atoms with Gasteiger partial charge in [0.1, 0.15) is 18.1 Å². The van der Waals surface area contributed by atoms with Gasteiger partial charge in [-0.15, -0.1) is 0 Å². The van der Waals surface area contributed by atoms with Crippen LogP contribution < -0.4 is 20.1 Å². The predicted octanol–water partition coefficient (Wildman–Crippen LogP) is 1.88. The van der Waals surface area contributed by atoms with Crippen LogP contribution in [0.2, 0.25) is 0 Å². The highest BCUT2D eigenvalue weighted by molar-refractivity contribution is 5.77. The molecule has 5 nitrogen and oxygen atoms in total. The standard InChI is InChI=1S/C16H24N2O3/c1-4-17-14-9-21-15-7-12(5-6-13(14)15)20-10-16(19)18-8-11(2)3/h5-7,11,14,17H,4,8-10H2,1-3H3,(H,18,19). The van der Waals surface area contributed by atoms with Crippen molar-refractivity contribution >= 4 is 5.91 Å². The quantitative estimate of drug-likeness (QED) is 0.805. The summed E-state index contributed by atoms with van der Waals surface area (Å²) in [5.41, 5.74) is 1.15. The molecule has 2 N–H and O–H groups in total. The lowest BCUT2D eigenvalue weighted by atomic mass is 10.1. The fourth-order valence-electron chi connectivity index (χ4n) is 2.21. The Morgan fingerprint density at radius 3 is 3.00 bits per heavy atom. The van der Waals surface area contributed by atoms with Gasteiger partial charge in [0.05, 0.1) is 6.04 Å². The molecule has 1 unspecified atom stereocenters. The molecule has 0 aromatic heterocycles. The van der Waals surface area contributed by atoms with E-state index in [0.717, 1.165) is 17.9 Å². The molecule has 1 atom stereocenters. The van der Waals surface area contributed by atoms with Crippen LogP contribution in [-0.2, 0) is 4.79 Å². The summed E-state index contributed by atoms with van der Waals surface area (Å²) in [6, 6.07) is 5.97. The first-order valence-electron chi connectivity index (χ1n) is 7.49. The second-order valence-electron chi connectivity index (χ2n) is 5.61. The average molecular weight is 292 g/mol. The fraction of sp³-hybridized carbons (Fsp3) is 0.562. The first-order chi connectivity index (χ1) is 10.1. The van der Waals surface area contributed by atoms with Crippen LogP contribution in [0, 0.1) is 5.92 Å². The van der Waals surface area contributed by atoms with Crippen LogP contribution in [0.4, 0.5) is 0 Å². The molecule has 1 aromatic rings. The van der Waals surface area contributed by atoms with E-state index in [-0.39, 0.29) is 18.6 Å². The lowest BCUT2D eigenvalue weighted by Crippen LogP contribution is -2.31. The highest BCUT2D eigenvalue weighted by Crippen LogP contribution is 2.35. The van der Waals surface area contributed by atoms with Crippen LogP contribution >= 0.6 is 0 Å². The molecule has 21 heavy (non-hydrogen) atoms. The SMILES string of the molecule is CCNC1COc2cc(OCC(=O)NCC(C)C)ccc21. The third kappa shape index (κ3) is 4.36. The van der Waals surface area contributed by atoms with Crippen LogP contribution in [0.3, 0.4) is 0 Å². The number of fused-ring (bicyclic) bond motifs is 1. The van der Waals surface area contributed by atoms with Gasteiger partial charge in [0, 0.05) is 18.2 Å². The number of hydrogen-bond acceptors (Lipinski definition) is 4. The molecule has 0 aliphatic carbocycles. The number of nitrogens with one attached hydrogen (secondary N) is 2. The van der Waals surface area contributed by atoms with E-state index in [0.29, 0.717) is 24.8 Å². The number of likely N-dealkylation sites (N-methyl/N-ethyl adjacent to an activating group) is 1. The third-order valence-corrected chi connectivity index (χ3v) is 3.29. The van der Waals surface area contributed by atoms with Gasteiger partial charge in [-0.1, -0.05) is 20.8 Å². The molecule has 0 bridgehead atoms. The van der Waals surface area contributed by atoms with E-state index in [1.54, 1.807) is 0 Å². The topological polar surface area (TPSA) is 59.6 Å². The summed E-state index contributed by atoms with van der Waals surface area (Å²) in [5, 5.41) is 6.19. The molecule has 0 fully saturated rings. The Bertz CT molecular complexity index is 488. The normalized spacial score (nSPS) is 16.5. The summed E-state index contributed by atoms with van der Waals surface area (Å²) in [4.78, 5) is 11.6. The van der Waals surface area contributed by atoms with Crippen molar-refractivity contribution in [3.05, 3.63) is 23.8 Å². The molecular formula is C16H24N2O3. The van der Waals surface area contributed by atoms with Gasteiger partial charge in [0.15, 0.2) is 6.61 Å². The van der Waals surface area contributed by atoms with Crippen LogP contribution in [0.25, 0.3) is 0 Å². The van der Waals surface area contributed by atoms with Crippen molar-refractivity contribution in [2.24, 2.45) is 5.92 Å². The second-order valence-corrected chi connectivity index (χ2v) is 5.61. The number of benzene rings is 1. The lowest BCUT2D eigenvalue weighted by molar-refractivity contribution is -0.123. The Morgan fingerprint density at radius 2 is 2.29 bits per heavy atom. The number of rotatable bonds is 7. The van der Waals surface area contributed by atoms with Crippen molar-refractivity contribution in [2.75, 3.05) is 26.3 Å². The molecule has 0 radical (unpaired) electrons. The van der Waals surface area contributed by atoms with Gasteiger partial charge in [0.25, 0.3) is 5.91 Å². The molecule has 1 aromatic carbocycles. The van der Waals surface area contributed by atoms with E-state index < -0.39 is 0 Å². The Hall–Kier alpha value is -1.75. The van der Waals surface area contributed by atoms with E-state index in [1.165, 1.54) is 0 Å². The summed E-state index contributed by atoms with van der Waals surface area (Å²) in [6.07, 6.45) is 0. The first kappa shape index (κ1) is 15.6. The molecular weight excluding hydrogens is 268 g/mol. The first-order valence-corrected chi connectivity index (χ1v) is 7.49. The van der Waals surface area contributed by atoms with Gasteiger partial charge in [-0.3, -0.25) is 4.79 Å². The lowest BCUT2D eigenvalue weighted by Gasteiger charge is -2.11. The maximum atomic E-state index is 11.6. The Morgan fingerprint density at radius 1 is 1.48 bits per heavy atom. The molecule has 0 saturated heterocycles. The van der Waals surface area contributed by atoms with E-state index in [2.05, 4.69) is 31.4 Å². The summed E-state index contributed by atoms with van der Waals surface area (Å²) in [6.45, 7) is 8.43. The zero-order valence-corrected chi connectivity index (χ0v) is 12.9. The minimum absolute atomic E-state index is 0.0299. The van der Waals surface area contributed by atoms with Gasteiger partial charge in [-0.2, -0.15) is 0 Å². The van der Waals surface area contributed by atoms with Gasteiger partial charge in [-0.25, -0.2) is 0 Å². The highest BCUT2D eigenvalue weighted by atomic mass is 16.5. The number of carbonyl (C=O) groups is 1. The molecule has 0 spiro atoms. The van der Waals surface area contributed by atoms with Crippen molar-refractivity contribution in [2.45, 2.75) is 26.8 Å².